The molecule has 0 bridgehead atoms. The molecule has 2 unspecified atom stereocenters. The number of ether oxygens (including phenoxy) is 2. The van der Waals surface area contributed by atoms with Crippen LogP contribution in [-0.4, -0.2) is 47.3 Å². The van der Waals surface area contributed by atoms with Gasteiger partial charge in [-0.15, -0.1) is 0 Å². The SMILES string of the molecule is O=C(OCC(O)C(O)(COC(c1ccccc1)(c1ccccc1)c1ccccc1)C(F)(F)F)c1ccccc1. The molecule has 0 aliphatic rings. The molecule has 202 valence electrons. The van der Waals surface area contributed by atoms with Crippen molar-refractivity contribution in [3.05, 3.63) is 144 Å². The van der Waals surface area contributed by atoms with Crippen LogP contribution in [0.4, 0.5) is 13.2 Å². The number of esters is 1. The van der Waals surface area contributed by atoms with E-state index in [4.69, 9.17) is 9.47 Å². The molecule has 0 saturated heterocycles. The van der Waals surface area contributed by atoms with Crippen molar-refractivity contribution in [1.29, 1.82) is 0 Å². The molecule has 4 rings (SSSR count). The highest BCUT2D eigenvalue weighted by atomic mass is 19.4. The zero-order valence-corrected chi connectivity index (χ0v) is 20.8. The second-order valence-corrected chi connectivity index (χ2v) is 8.97. The molecule has 8 heteroatoms. The Kier molecular flexibility index (Phi) is 8.50. The predicted octanol–water partition coefficient (Wildman–Crippen LogP) is 5.51. The first-order valence-corrected chi connectivity index (χ1v) is 12.2. The van der Waals surface area contributed by atoms with Crippen LogP contribution in [-0.2, 0) is 15.1 Å². The second kappa shape index (κ2) is 11.8. The van der Waals surface area contributed by atoms with Gasteiger partial charge in [0.2, 0.25) is 5.60 Å². The van der Waals surface area contributed by atoms with Crippen LogP contribution in [0.1, 0.15) is 27.0 Å². The van der Waals surface area contributed by atoms with Gasteiger partial charge in [-0.25, -0.2) is 4.79 Å². The van der Waals surface area contributed by atoms with Gasteiger partial charge in [0.1, 0.15) is 18.3 Å². The first-order chi connectivity index (χ1) is 18.7. The van der Waals surface area contributed by atoms with Gasteiger partial charge in [-0.3, -0.25) is 0 Å². The summed E-state index contributed by atoms with van der Waals surface area (Å²) in [4.78, 5) is 12.3. The Labute approximate surface area is 224 Å². The van der Waals surface area contributed by atoms with Crippen LogP contribution in [0.2, 0.25) is 0 Å². The molecular weight excluding hydrogens is 509 g/mol. The molecule has 0 fully saturated rings. The summed E-state index contributed by atoms with van der Waals surface area (Å²) in [7, 11) is 0. The van der Waals surface area contributed by atoms with Crippen molar-refractivity contribution in [2.24, 2.45) is 0 Å². The minimum Gasteiger partial charge on any atom is -0.459 e. The molecule has 0 aliphatic carbocycles. The van der Waals surface area contributed by atoms with Gasteiger partial charge < -0.3 is 19.7 Å². The first kappa shape index (κ1) is 28.0. The van der Waals surface area contributed by atoms with E-state index in [-0.39, 0.29) is 5.56 Å². The topological polar surface area (TPSA) is 76.0 Å². The van der Waals surface area contributed by atoms with Crippen molar-refractivity contribution < 1.29 is 37.7 Å². The Morgan fingerprint density at radius 1 is 0.692 bits per heavy atom. The lowest BCUT2D eigenvalue weighted by Crippen LogP contribution is -2.60. The van der Waals surface area contributed by atoms with Crippen LogP contribution >= 0.6 is 0 Å². The number of carbonyl (C=O) groups excluding carboxylic acids is 1. The van der Waals surface area contributed by atoms with E-state index in [1.54, 1.807) is 109 Å². The van der Waals surface area contributed by atoms with E-state index >= 15 is 0 Å². The molecule has 0 saturated carbocycles. The lowest BCUT2D eigenvalue weighted by atomic mass is 9.79. The van der Waals surface area contributed by atoms with Crippen molar-refractivity contribution in [3.8, 4) is 0 Å². The smallest absolute Gasteiger partial charge is 0.422 e. The fraction of sp³-hybridized carbons (Fsp3) is 0.194. The van der Waals surface area contributed by atoms with Gasteiger partial charge in [0.25, 0.3) is 0 Å². The Balaban J connectivity index is 1.71. The van der Waals surface area contributed by atoms with E-state index in [1.165, 1.54) is 12.1 Å². The van der Waals surface area contributed by atoms with Crippen LogP contribution in [0.25, 0.3) is 0 Å². The van der Waals surface area contributed by atoms with E-state index in [0.717, 1.165) is 0 Å². The summed E-state index contributed by atoms with van der Waals surface area (Å²) in [5.41, 5.74) is -3.73. The van der Waals surface area contributed by atoms with Crippen LogP contribution in [0, 0.1) is 0 Å². The van der Waals surface area contributed by atoms with Crippen molar-refractivity contribution in [3.63, 3.8) is 0 Å². The van der Waals surface area contributed by atoms with Crippen molar-refractivity contribution in [1.82, 2.24) is 0 Å². The van der Waals surface area contributed by atoms with E-state index < -0.39 is 42.7 Å². The Morgan fingerprint density at radius 2 is 1.08 bits per heavy atom. The number of hydrogen-bond acceptors (Lipinski definition) is 5. The zero-order chi connectivity index (χ0) is 27.9. The maximum atomic E-state index is 14.4. The highest BCUT2D eigenvalue weighted by Crippen LogP contribution is 2.43. The van der Waals surface area contributed by atoms with Gasteiger partial charge in [0.05, 0.1) is 12.2 Å². The molecule has 4 aromatic rings. The van der Waals surface area contributed by atoms with E-state index in [2.05, 4.69) is 0 Å². The van der Waals surface area contributed by atoms with Gasteiger partial charge >= 0.3 is 12.1 Å². The summed E-state index contributed by atoms with van der Waals surface area (Å²) in [5.74, 6) is -0.938. The van der Waals surface area contributed by atoms with Crippen molar-refractivity contribution in [2.75, 3.05) is 13.2 Å². The summed E-state index contributed by atoms with van der Waals surface area (Å²) >= 11 is 0. The Hall–Kier alpha value is -3.98. The van der Waals surface area contributed by atoms with Gasteiger partial charge in [0, 0.05) is 0 Å². The minimum atomic E-state index is -5.33. The summed E-state index contributed by atoms with van der Waals surface area (Å²) in [6.07, 6.45) is -7.87. The number of alkyl halides is 3. The number of aliphatic hydroxyl groups excluding tert-OH is 1. The number of rotatable bonds is 10. The molecule has 5 nitrogen and oxygen atoms in total. The highest BCUT2D eigenvalue weighted by molar-refractivity contribution is 5.89. The second-order valence-electron chi connectivity index (χ2n) is 8.97. The molecule has 0 heterocycles. The molecule has 0 aromatic heterocycles. The summed E-state index contributed by atoms with van der Waals surface area (Å²) in [6, 6.07) is 33.6. The summed E-state index contributed by atoms with van der Waals surface area (Å²) in [5, 5.41) is 21.5. The fourth-order valence-corrected chi connectivity index (χ4v) is 4.30. The highest BCUT2D eigenvalue weighted by Gasteiger charge is 2.60. The maximum absolute atomic E-state index is 14.4. The molecular formula is C31H27F3O5. The van der Waals surface area contributed by atoms with E-state index in [9.17, 15) is 28.2 Å². The number of benzene rings is 4. The van der Waals surface area contributed by atoms with Crippen LogP contribution < -0.4 is 0 Å². The Bertz CT molecular complexity index is 1240. The van der Waals surface area contributed by atoms with Crippen LogP contribution in [0.3, 0.4) is 0 Å². The molecule has 2 atom stereocenters. The van der Waals surface area contributed by atoms with Crippen LogP contribution in [0.15, 0.2) is 121 Å². The maximum Gasteiger partial charge on any atom is 0.422 e. The molecule has 39 heavy (non-hydrogen) atoms. The number of carbonyl (C=O) groups is 1. The van der Waals surface area contributed by atoms with Gasteiger partial charge in [-0.1, -0.05) is 109 Å². The first-order valence-electron chi connectivity index (χ1n) is 12.2. The molecule has 0 radical (unpaired) electrons. The lowest BCUT2D eigenvalue weighted by Gasteiger charge is -2.41. The number of aliphatic hydroxyl groups is 2. The largest absolute Gasteiger partial charge is 0.459 e. The average molecular weight is 537 g/mol. The summed E-state index contributed by atoms with van der Waals surface area (Å²) < 4.78 is 54.1. The standard InChI is InChI=1S/C31H27F3O5/c32-31(33,34)29(37,27(35)21-38-28(36)23-13-5-1-6-14-23)22-39-30(24-15-7-2-8-16-24,25-17-9-3-10-18-25)26-19-11-4-12-20-26/h1-20,27,35,37H,21-22H2. The average Bonchev–Trinajstić information content (AvgIpc) is 2.97. The molecule has 4 aromatic carbocycles. The monoisotopic (exact) mass is 536 g/mol. The quantitative estimate of drug-likeness (QED) is 0.207. The molecule has 0 aliphatic heterocycles. The van der Waals surface area contributed by atoms with E-state index in [0.29, 0.717) is 16.7 Å². The zero-order valence-electron chi connectivity index (χ0n) is 20.8. The summed E-state index contributed by atoms with van der Waals surface area (Å²) in [6.45, 7) is -2.47. The van der Waals surface area contributed by atoms with Crippen LogP contribution in [0.5, 0.6) is 0 Å². The molecule has 2 N–H and O–H groups in total. The van der Waals surface area contributed by atoms with Crippen molar-refractivity contribution in [2.45, 2.75) is 23.5 Å². The molecule has 0 amide bonds. The van der Waals surface area contributed by atoms with E-state index in [1.807, 2.05) is 0 Å². The Morgan fingerprint density at radius 3 is 1.46 bits per heavy atom. The molecule has 0 spiro atoms. The third-order valence-electron chi connectivity index (χ3n) is 6.47. The fourth-order valence-electron chi connectivity index (χ4n) is 4.30. The predicted molar refractivity (Wildman–Crippen MR) is 139 cm³/mol. The number of hydrogen-bond donors (Lipinski definition) is 2. The van der Waals surface area contributed by atoms with Gasteiger partial charge in [0.15, 0.2) is 0 Å². The van der Waals surface area contributed by atoms with Crippen molar-refractivity contribution >= 4 is 5.97 Å². The third kappa shape index (κ3) is 5.88. The minimum absolute atomic E-state index is 0.0905. The lowest BCUT2D eigenvalue weighted by molar-refractivity contribution is -0.312. The normalized spacial score (nSPS) is 14.3. The van der Waals surface area contributed by atoms with Gasteiger partial charge in [-0.2, -0.15) is 13.2 Å². The third-order valence-corrected chi connectivity index (χ3v) is 6.47. The van der Waals surface area contributed by atoms with Gasteiger partial charge in [-0.05, 0) is 28.8 Å². The number of halogens is 3.